The Kier molecular flexibility index (Phi) is 5.81. The zero-order valence-electron chi connectivity index (χ0n) is 14.5. The smallest absolute Gasteiger partial charge is 0.340 e. The first kappa shape index (κ1) is 19.0. The van der Waals surface area contributed by atoms with E-state index in [9.17, 15) is 14.0 Å². The maximum atomic E-state index is 13.9. The molecule has 2 aromatic carbocycles. The lowest BCUT2D eigenvalue weighted by Gasteiger charge is -2.36. The number of carbonyl (C=O) groups is 2. The number of rotatable bonds is 4. The molecular formula is C19H19ClFN3O3. The molecule has 0 aromatic heterocycles. The van der Waals surface area contributed by atoms with Crippen LogP contribution in [0.4, 0.5) is 15.8 Å². The molecule has 1 amide bonds. The van der Waals surface area contributed by atoms with Crippen LogP contribution in [0, 0.1) is 5.82 Å². The van der Waals surface area contributed by atoms with E-state index >= 15 is 0 Å². The molecule has 0 atom stereocenters. The molecule has 1 aliphatic heterocycles. The van der Waals surface area contributed by atoms with Gasteiger partial charge in [0.25, 0.3) is 5.91 Å². The molecule has 0 aliphatic carbocycles. The fourth-order valence-electron chi connectivity index (χ4n) is 2.92. The Bertz CT molecular complexity index is 854. The maximum Gasteiger partial charge on any atom is 0.340 e. The molecule has 2 aromatic rings. The molecule has 27 heavy (non-hydrogen) atoms. The lowest BCUT2D eigenvalue weighted by atomic mass is 10.2. The summed E-state index contributed by atoms with van der Waals surface area (Å²) in [5.74, 6) is -1.30. The van der Waals surface area contributed by atoms with Crippen LogP contribution in [-0.2, 0) is 9.53 Å². The predicted octanol–water partition coefficient (Wildman–Crippen LogP) is 2.57. The SMILES string of the molecule is Nc1c(Cl)cccc1C(=O)OCC(=O)N1CCN(c2ccccc2F)CC1. The number of carbonyl (C=O) groups excluding carboxylic acids is 2. The number of hydrogen-bond acceptors (Lipinski definition) is 5. The predicted molar refractivity (Wildman–Crippen MR) is 101 cm³/mol. The first-order valence-corrected chi connectivity index (χ1v) is 8.83. The highest BCUT2D eigenvalue weighted by molar-refractivity contribution is 6.33. The molecule has 1 heterocycles. The van der Waals surface area contributed by atoms with Gasteiger partial charge in [0.1, 0.15) is 5.82 Å². The number of nitrogens with zero attached hydrogens (tertiary/aromatic N) is 2. The van der Waals surface area contributed by atoms with Gasteiger partial charge >= 0.3 is 5.97 Å². The van der Waals surface area contributed by atoms with Crippen LogP contribution in [0.15, 0.2) is 42.5 Å². The van der Waals surface area contributed by atoms with Crippen LogP contribution in [-0.4, -0.2) is 49.6 Å². The quantitative estimate of drug-likeness (QED) is 0.640. The van der Waals surface area contributed by atoms with E-state index in [4.69, 9.17) is 22.1 Å². The van der Waals surface area contributed by atoms with Crippen molar-refractivity contribution >= 4 is 34.9 Å². The molecule has 2 N–H and O–H groups in total. The fraction of sp³-hybridized carbons (Fsp3) is 0.263. The van der Waals surface area contributed by atoms with Crippen LogP contribution in [0.1, 0.15) is 10.4 Å². The van der Waals surface area contributed by atoms with Crippen molar-refractivity contribution in [3.8, 4) is 0 Å². The van der Waals surface area contributed by atoms with Gasteiger partial charge in [0.15, 0.2) is 6.61 Å². The van der Waals surface area contributed by atoms with Crippen molar-refractivity contribution in [1.29, 1.82) is 0 Å². The molecule has 1 fully saturated rings. The normalized spacial score (nSPS) is 14.1. The first-order chi connectivity index (χ1) is 13.0. The highest BCUT2D eigenvalue weighted by Gasteiger charge is 2.24. The molecule has 3 rings (SSSR count). The molecule has 0 bridgehead atoms. The number of amides is 1. The maximum absolute atomic E-state index is 13.9. The van der Waals surface area contributed by atoms with Crippen molar-refractivity contribution in [2.45, 2.75) is 0 Å². The number of anilines is 2. The highest BCUT2D eigenvalue weighted by atomic mass is 35.5. The molecule has 142 valence electrons. The van der Waals surface area contributed by atoms with E-state index in [0.717, 1.165) is 0 Å². The highest BCUT2D eigenvalue weighted by Crippen LogP contribution is 2.23. The van der Waals surface area contributed by atoms with Crippen LogP contribution in [0.25, 0.3) is 0 Å². The Balaban J connectivity index is 1.52. The summed E-state index contributed by atoms with van der Waals surface area (Å²) in [6.45, 7) is 1.46. The standard InChI is InChI=1S/C19H19ClFN3O3/c20-14-5-3-4-13(18(14)22)19(26)27-12-17(25)24-10-8-23(9-11-24)16-7-2-1-6-15(16)21/h1-7H,8-12,22H2. The van der Waals surface area contributed by atoms with Crippen molar-refractivity contribution in [3.05, 3.63) is 58.9 Å². The second kappa shape index (κ2) is 8.26. The van der Waals surface area contributed by atoms with Crippen molar-refractivity contribution in [3.63, 3.8) is 0 Å². The summed E-state index contributed by atoms with van der Waals surface area (Å²) in [5.41, 5.74) is 6.52. The minimum atomic E-state index is -0.701. The summed E-state index contributed by atoms with van der Waals surface area (Å²) in [6.07, 6.45) is 0. The van der Waals surface area contributed by atoms with E-state index in [0.29, 0.717) is 31.9 Å². The van der Waals surface area contributed by atoms with E-state index < -0.39 is 5.97 Å². The number of nitrogen functional groups attached to an aromatic ring is 1. The zero-order valence-corrected chi connectivity index (χ0v) is 15.3. The summed E-state index contributed by atoms with van der Waals surface area (Å²) in [6, 6.07) is 11.2. The van der Waals surface area contributed by atoms with Gasteiger partial charge in [-0.3, -0.25) is 4.79 Å². The number of halogens is 2. The van der Waals surface area contributed by atoms with Gasteiger partial charge in [-0.2, -0.15) is 0 Å². The fourth-order valence-corrected chi connectivity index (χ4v) is 3.09. The largest absolute Gasteiger partial charge is 0.452 e. The molecular weight excluding hydrogens is 373 g/mol. The van der Waals surface area contributed by atoms with Crippen LogP contribution in [0.5, 0.6) is 0 Å². The van der Waals surface area contributed by atoms with Crippen LogP contribution >= 0.6 is 11.6 Å². The summed E-state index contributed by atoms with van der Waals surface area (Å²) in [4.78, 5) is 27.9. The van der Waals surface area contributed by atoms with E-state index in [2.05, 4.69) is 0 Å². The van der Waals surface area contributed by atoms with E-state index in [-0.39, 0.29) is 34.6 Å². The number of piperazine rings is 1. The molecule has 0 radical (unpaired) electrons. The van der Waals surface area contributed by atoms with Gasteiger partial charge in [0.2, 0.25) is 0 Å². The number of para-hydroxylation sites is 2. The van der Waals surface area contributed by atoms with Gasteiger partial charge in [0, 0.05) is 26.2 Å². The summed E-state index contributed by atoms with van der Waals surface area (Å²) in [5, 5.41) is 0.250. The van der Waals surface area contributed by atoms with Crippen molar-refractivity contribution in [2.24, 2.45) is 0 Å². The van der Waals surface area contributed by atoms with Gasteiger partial charge in [-0.25, -0.2) is 9.18 Å². The summed E-state index contributed by atoms with van der Waals surface area (Å²) in [7, 11) is 0. The third-order valence-electron chi connectivity index (χ3n) is 4.43. The molecule has 8 heteroatoms. The van der Waals surface area contributed by atoms with Gasteiger partial charge in [-0.1, -0.05) is 29.8 Å². The number of nitrogens with two attached hydrogens (primary N) is 1. The second-order valence-corrected chi connectivity index (χ2v) is 6.50. The Morgan fingerprint density at radius 3 is 2.48 bits per heavy atom. The second-order valence-electron chi connectivity index (χ2n) is 6.10. The van der Waals surface area contributed by atoms with Gasteiger partial charge < -0.3 is 20.3 Å². The van der Waals surface area contributed by atoms with E-state index in [1.807, 2.05) is 4.90 Å². The third kappa shape index (κ3) is 4.31. The minimum Gasteiger partial charge on any atom is -0.452 e. The van der Waals surface area contributed by atoms with Crippen molar-refractivity contribution in [1.82, 2.24) is 4.90 Å². The van der Waals surface area contributed by atoms with Gasteiger partial charge in [-0.15, -0.1) is 0 Å². The average molecular weight is 392 g/mol. The van der Waals surface area contributed by atoms with E-state index in [1.165, 1.54) is 12.1 Å². The van der Waals surface area contributed by atoms with E-state index in [1.54, 1.807) is 35.2 Å². The van der Waals surface area contributed by atoms with Gasteiger partial charge in [0.05, 0.1) is 22.0 Å². The lowest BCUT2D eigenvalue weighted by Crippen LogP contribution is -2.50. The summed E-state index contributed by atoms with van der Waals surface area (Å²) >= 11 is 5.88. The average Bonchev–Trinajstić information content (AvgIpc) is 2.68. The van der Waals surface area contributed by atoms with Crippen LogP contribution < -0.4 is 10.6 Å². The minimum absolute atomic E-state index is 0.120. The molecule has 0 spiro atoms. The van der Waals surface area contributed by atoms with Crippen LogP contribution in [0.2, 0.25) is 5.02 Å². The Morgan fingerprint density at radius 1 is 1.07 bits per heavy atom. The zero-order chi connectivity index (χ0) is 19.4. The first-order valence-electron chi connectivity index (χ1n) is 8.45. The Labute approximate surface area is 161 Å². The Morgan fingerprint density at radius 2 is 1.78 bits per heavy atom. The number of esters is 1. The topological polar surface area (TPSA) is 75.9 Å². The number of benzene rings is 2. The summed E-state index contributed by atoms with van der Waals surface area (Å²) < 4.78 is 18.9. The molecule has 0 saturated carbocycles. The molecule has 1 saturated heterocycles. The monoisotopic (exact) mass is 391 g/mol. The number of ether oxygens (including phenoxy) is 1. The lowest BCUT2D eigenvalue weighted by molar-refractivity contribution is -0.134. The number of hydrogen-bond donors (Lipinski definition) is 1. The van der Waals surface area contributed by atoms with Gasteiger partial charge in [-0.05, 0) is 24.3 Å². The molecule has 6 nitrogen and oxygen atoms in total. The van der Waals surface area contributed by atoms with Crippen molar-refractivity contribution < 1.29 is 18.7 Å². The molecule has 0 unspecified atom stereocenters. The van der Waals surface area contributed by atoms with Crippen LogP contribution in [0.3, 0.4) is 0 Å². The molecule has 1 aliphatic rings. The third-order valence-corrected chi connectivity index (χ3v) is 4.75. The Hall–Kier alpha value is -2.80. The van der Waals surface area contributed by atoms with Crippen molar-refractivity contribution in [2.75, 3.05) is 43.4 Å².